The molecular weight excluding hydrogens is 276 g/mol. The minimum atomic E-state index is -1.45. The number of carbonyl (C=O) groups excluding carboxylic acids is 1. The van der Waals surface area contributed by atoms with Crippen LogP contribution in [0.4, 0.5) is 0 Å². The highest BCUT2D eigenvalue weighted by molar-refractivity contribution is 5.82. The fraction of sp³-hybridized carbons (Fsp3) is 0.632. The van der Waals surface area contributed by atoms with Crippen molar-refractivity contribution in [2.75, 3.05) is 6.61 Å². The molecule has 2 aliphatic carbocycles. The Hall–Kier alpha value is -1.35. The molecule has 3 atom stereocenters. The van der Waals surface area contributed by atoms with Crippen LogP contribution in [0.1, 0.15) is 57.6 Å². The lowest BCUT2D eigenvalue weighted by atomic mass is 9.76. The van der Waals surface area contributed by atoms with Gasteiger partial charge in [0, 0.05) is 5.92 Å². The number of hydrogen-bond donors (Lipinski definition) is 1. The van der Waals surface area contributed by atoms with Gasteiger partial charge in [-0.25, -0.2) is 4.79 Å². The van der Waals surface area contributed by atoms with Crippen LogP contribution in [0.3, 0.4) is 0 Å². The molecule has 122 valence electrons. The van der Waals surface area contributed by atoms with Crippen molar-refractivity contribution < 1.29 is 14.6 Å². The van der Waals surface area contributed by atoms with Gasteiger partial charge in [-0.1, -0.05) is 51.0 Å². The van der Waals surface area contributed by atoms with Crippen molar-refractivity contribution in [3.05, 3.63) is 35.4 Å². The van der Waals surface area contributed by atoms with Crippen LogP contribution < -0.4 is 0 Å². The lowest BCUT2D eigenvalue weighted by Gasteiger charge is -2.34. The summed E-state index contributed by atoms with van der Waals surface area (Å²) in [5.74, 6) is -0.0340. The lowest BCUT2D eigenvalue weighted by Crippen LogP contribution is -2.45. The third kappa shape index (κ3) is 2.79. The maximum absolute atomic E-state index is 12.5. The molecule has 3 nitrogen and oxygen atoms in total. The smallest absolute Gasteiger partial charge is 0.343 e. The minimum Gasteiger partial charge on any atom is -0.464 e. The van der Waals surface area contributed by atoms with E-state index in [0.717, 1.165) is 43.2 Å². The highest BCUT2D eigenvalue weighted by Crippen LogP contribution is 2.49. The van der Waals surface area contributed by atoms with Crippen molar-refractivity contribution in [1.29, 1.82) is 0 Å². The van der Waals surface area contributed by atoms with Gasteiger partial charge in [-0.05, 0) is 43.2 Å². The van der Waals surface area contributed by atoms with E-state index in [1.165, 1.54) is 0 Å². The summed E-state index contributed by atoms with van der Waals surface area (Å²) in [5.41, 5.74) is 0.412. The van der Waals surface area contributed by atoms with Crippen LogP contribution in [-0.4, -0.2) is 17.7 Å². The molecule has 3 heteroatoms. The first kappa shape index (κ1) is 17.0. The van der Waals surface area contributed by atoms with Gasteiger partial charge in [0.25, 0.3) is 0 Å². The van der Waals surface area contributed by atoms with E-state index in [0.29, 0.717) is 12.5 Å². The standard InChI is InChI=1S/C17H22O3.C2H6/c1-2-20-16(18)17(19)14-8-4-3-6-12(14)10-11-13-7-5-9-15(13)17;1-2/h3-4,6,8,13,15,19H,2,5,7,9-11H2,1H3;1-2H3. The molecular formula is C19H28O3. The maximum atomic E-state index is 12.5. The summed E-state index contributed by atoms with van der Waals surface area (Å²) in [7, 11) is 0. The van der Waals surface area contributed by atoms with Crippen molar-refractivity contribution in [2.24, 2.45) is 11.8 Å². The van der Waals surface area contributed by atoms with Crippen molar-refractivity contribution in [1.82, 2.24) is 0 Å². The van der Waals surface area contributed by atoms with E-state index in [9.17, 15) is 9.90 Å². The Labute approximate surface area is 133 Å². The predicted octanol–water partition coefficient (Wildman–Crippen LogP) is 3.83. The second-order valence-corrected chi connectivity index (χ2v) is 5.98. The normalized spacial score (nSPS) is 29.5. The van der Waals surface area contributed by atoms with E-state index < -0.39 is 11.6 Å². The summed E-state index contributed by atoms with van der Waals surface area (Å²) in [6.45, 7) is 6.09. The first-order valence-electron chi connectivity index (χ1n) is 8.66. The van der Waals surface area contributed by atoms with E-state index in [-0.39, 0.29) is 5.92 Å². The molecule has 0 bridgehead atoms. The molecule has 1 aromatic carbocycles. The van der Waals surface area contributed by atoms with E-state index in [1.54, 1.807) is 6.92 Å². The molecule has 0 aliphatic heterocycles. The SMILES string of the molecule is CC.CCOC(=O)C1(O)c2ccccc2CCC2CCCC21. The number of ether oxygens (including phenoxy) is 1. The summed E-state index contributed by atoms with van der Waals surface area (Å²) in [6, 6.07) is 7.80. The van der Waals surface area contributed by atoms with Crippen LogP contribution in [0.5, 0.6) is 0 Å². The topological polar surface area (TPSA) is 46.5 Å². The van der Waals surface area contributed by atoms with Gasteiger partial charge in [0.2, 0.25) is 0 Å². The molecule has 1 N–H and O–H groups in total. The zero-order valence-corrected chi connectivity index (χ0v) is 14.0. The number of carbonyl (C=O) groups is 1. The van der Waals surface area contributed by atoms with Gasteiger partial charge in [0.05, 0.1) is 6.61 Å². The average Bonchev–Trinajstić information content (AvgIpc) is 2.99. The number of aryl methyl sites for hydroxylation is 1. The largest absolute Gasteiger partial charge is 0.464 e. The van der Waals surface area contributed by atoms with Gasteiger partial charge >= 0.3 is 5.97 Å². The maximum Gasteiger partial charge on any atom is 0.343 e. The molecule has 0 amide bonds. The van der Waals surface area contributed by atoms with Gasteiger partial charge in [0.1, 0.15) is 0 Å². The highest BCUT2D eigenvalue weighted by atomic mass is 16.5. The number of rotatable bonds is 2. The molecule has 1 fully saturated rings. The monoisotopic (exact) mass is 304 g/mol. The summed E-state index contributed by atoms with van der Waals surface area (Å²) >= 11 is 0. The Morgan fingerprint density at radius 2 is 2.00 bits per heavy atom. The van der Waals surface area contributed by atoms with Crippen LogP contribution in [0.15, 0.2) is 24.3 Å². The fourth-order valence-electron chi connectivity index (χ4n) is 4.09. The number of hydrogen-bond acceptors (Lipinski definition) is 3. The molecule has 0 aromatic heterocycles. The number of benzene rings is 1. The van der Waals surface area contributed by atoms with E-state index >= 15 is 0 Å². The van der Waals surface area contributed by atoms with Gasteiger partial charge in [0.15, 0.2) is 5.60 Å². The molecule has 1 aromatic rings. The first-order valence-corrected chi connectivity index (χ1v) is 8.66. The second-order valence-electron chi connectivity index (χ2n) is 5.98. The van der Waals surface area contributed by atoms with Crippen LogP contribution >= 0.6 is 0 Å². The third-order valence-electron chi connectivity index (χ3n) is 4.99. The van der Waals surface area contributed by atoms with Gasteiger partial charge in [-0.2, -0.15) is 0 Å². The third-order valence-corrected chi connectivity index (χ3v) is 4.99. The number of aliphatic hydroxyl groups is 1. The minimum absolute atomic E-state index is 0.00481. The molecule has 2 aliphatic rings. The van der Waals surface area contributed by atoms with E-state index in [1.807, 2.05) is 38.1 Å². The van der Waals surface area contributed by atoms with Crippen molar-refractivity contribution in [2.45, 2.75) is 58.5 Å². The van der Waals surface area contributed by atoms with Crippen LogP contribution in [0.25, 0.3) is 0 Å². The Morgan fingerprint density at radius 3 is 2.73 bits per heavy atom. The molecule has 0 saturated heterocycles. The second kappa shape index (κ2) is 7.28. The zero-order valence-electron chi connectivity index (χ0n) is 14.0. The van der Waals surface area contributed by atoms with Gasteiger partial charge in [-0.15, -0.1) is 0 Å². The molecule has 0 radical (unpaired) electrons. The lowest BCUT2D eigenvalue weighted by molar-refractivity contribution is -0.175. The number of fused-ring (bicyclic) bond motifs is 2. The van der Waals surface area contributed by atoms with Crippen LogP contribution in [-0.2, 0) is 21.6 Å². The Kier molecular flexibility index (Phi) is 5.63. The van der Waals surface area contributed by atoms with Gasteiger partial charge < -0.3 is 9.84 Å². The Balaban J connectivity index is 0.000000847. The van der Waals surface area contributed by atoms with Crippen LogP contribution in [0, 0.1) is 11.8 Å². The van der Waals surface area contributed by atoms with Crippen LogP contribution in [0.2, 0.25) is 0 Å². The molecule has 22 heavy (non-hydrogen) atoms. The zero-order chi connectivity index (χ0) is 16.2. The van der Waals surface area contributed by atoms with E-state index in [2.05, 4.69) is 0 Å². The highest BCUT2D eigenvalue weighted by Gasteiger charge is 2.53. The molecule has 0 spiro atoms. The van der Waals surface area contributed by atoms with Crippen molar-refractivity contribution in [3.63, 3.8) is 0 Å². The Morgan fingerprint density at radius 1 is 1.27 bits per heavy atom. The summed E-state index contributed by atoms with van der Waals surface area (Å²) in [4.78, 5) is 12.5. The fourth-order valence-corrected chi connectivity index (χ4v) is 4.09. The molecule has 3 unspecified atom stereocenters. The first-order chi connectivity index (χ1) is 10.7. The van der Waals surface area contributed by atoms with Crippen molar-refractivity contribution in [3.8, 4) is 0 Å². The summed E-state index contributed by atoms with van der Waals surface area (Å²) in [6.07, 6.45) is 5.12. The van der Waals surface area contributed by atoms with Crippen molar-refractivity contribution >= 4 is 5.97 Å². The molecule has 3 rings (SSSR count). The molecule has 1 saturated carbocycles. The number of esters is 1. The summed E-state index contributed by atoms with van der Waals surface area (Å²) < 4.78 is 5.22. The molecule has 0 heterocycles. The Bertz CT molecular complexity index is 511. The van der Waals surface area contributed by atoms with Gasteiger partial charge in [-0.3, -0.25) is 0 Å². The predicted molar refractivity (Wildman–Crippen MR) is 87.5 cm³/mol. The average molecular weight is 304 g/mol. The quantitative estimate of drug-likeness (QED) is 0.845. The summed E-state index contributed by atoms with van der Waals surface area (Å²) in [5, 5.41) is 11.3. The van der Waals surface area contributed by atoms with E-state index in [4.69, 9.17) is 4.74 Å².